The molecule has 0 bridgehead atoms. The molecule has 0 radical (unpaired) electrons. The summed E-state index contributed by atoms with van der Waals surface area (Å²) in [5.41, 5.74) is 0.631. The molecule has 2 amide bonds. The van der Waals surface area contributed by atoms with Gasteiger partial charge in [0.15, 0.2) is 0 Å². The van der Waals surface area contributed by atoms with Gasteiger partial charge in [0.2, 0.25) is 11.7 Å². The number of ketones is 1. The fraction of sp³-hybridized carbons (Fsp3) is 0.478. The summed E-state index contributed by atoms with van der Waals surface area (Å²) in [6, 6.07) is 5.12. The Morgan fingerprint density at radius 1 is 1.12 bits per heavy atom. The van der Waals surface area contributed by atoms with Crippen LogP contribution in [0.25, 0.3) is 0 Å². The van der Waals surface area contributed by atoms with Gasteiger partial charge in [-0.2, -0.15) is 0 Å². The van der Waals surface area contributed by atoms with Gasteiger partial charge < -0.3 is 20.4 Å². The number of likely N-dealkylation sites (tertiary alicyclic amines) is 1. The van der Waals surface area contributed by atoms with Crippen molar-refractivity contribution in [3.8, 4) is 5.75 Å². The lowest BCUT2D eigenvalue weighted by Crippen LogP contribution is -2.52. The quantitative estimate of drug-likeness (QED) is 0.565. The number of phenolic OH excluding ortho intramolecular Hbond substituents is 1. The average Bonchev–Trinajstić information content (AvgIpc) is 3.46. The minimum atomic E-state index is -1.18. The largest absolute Gasteiger partial charge is 0.508 e. The van der Waals surface area contributed by atoms with E-state index in [1.54, 1.807) is 22.4 Å². The molecule has 4 rings (SSSR count). The highest BCUT2D eigenvalue weighted by atomic mass is 32.1. The third kappa shape index (κ3) is 4.77. The fourth-order valence-electron chi connectivity index (χ4n) is 4.79. The first-order valence-corrected chi connectivity index (χ1v) is 11.9. The Morgan fingerprint density at radius 3 is 2.62 bits per heavy atom. The minimum Gasteiger partial charge on any atom is -0.508 e. The second-order valence-corrected chi connectivity index (χ2v) is 9.36. The van der Waals surface area contributed by atoms with Crippen LogP contribution in [-0.2, 0) is 4.79 Å². The topological polar surface area (TPSA) is 120 Å². The van der Waals surface area contributed by atoms with E-state index in [2.05, 4.69) is 10.3 Å². The van der Waals surface area contributed by atoms with Gasteiger partial charge in [-0.25, -0.2) is 9.78 Å². The van der Waals surface area contributed by atoms with Crippen molar-refractivity contribution < 1.29 is 24.6 Å². The van der Waals surface area contributed by atoms with Crippen LogP contribution in [0.1, 0.15) is 72.0 Å². The van der Waals surface area contributed by atoms with E-state index in [1.807, 2.05) is 0 Å². The van der Waals surface area contributed by atoms with Crippen LogP contribution >= 0.6 is 11.3 Å². The molecule has 170 valence electrons. The molecule has 1 aromatic heterocycles. The molecule has 2 aliphatic rings. The molecule has 1 aliphatic heterocycles. The number of nitrogens with one attached hydrogen (secondary N) is 1. The minimum absolute atomic E-state index is 0.00721. The Hall–Kier alpha value is -2.94. The number of amides is 2. The van der Waals surface area contributed by atoms with Crippen LogP contribution in [0.3, 0.4) is 0 Å². The number of nitrogens with zero attached hydrogens (tertiary/aromatic N) is 2. The fourth-order valence-corrected chi connectivity index (χ4v) is 5.73. The molecule has 0 unspecified atom stereocenters. The molecule has 1 saturated heterocycles. The summed E-state index contributed by atoms with van der Waals surface area (Å²) in [6.45, 7) is 0.545. The van der Waals surface area contributed by atoms with E-state index >= 15 is 0 Å². The molecule has 9 heteroatoms. The molecule has 1 saturated carbocycles. The lowest BCUT2D eigenvalue weighted by atomic mass is 9.83. The Morgan fingerprint density at radius 2 is 1.91 bits per heavy atom. The Labute approximate surface area is 190 Å². The summed E-state index contributed by atoms with van der Waals surface area (Å²) in [5, 5.41) is 23.8. The van der Waals surface area contributed by atoms with Gasteiger partial charge >= 0.3 is 6.09 Å². The molecular formula is C23H27N3O5S. The van der Waals surface area contributed by atoms with Crippen molar-refractivity contribution in [3.05, 3.63) is 45.9 Å². The van der Waals surface area contributed by atoms with E-state index < -0.39 is 12.1 Å². The highest BCUT2D eigenvalue weighted by molar-refractivity contribution is 7.10. The van der Waals surface area contributed by atoms with E-state index in [1.165, 1.54) is 23.5 Å². The van der Waals surface area contributed by atoms with Crippen molar-refractivity contribution in [1.29, 1.82) is 0 Å². The Bertz CT molecular complexity index is 1000. The Balaban J connectivity index is 1.53. The number of hydrogen-bond acceptors (Lipinski definition) is 6. The monoisotopic (exact) mass is 457 g/mol. The van der Waals surface area contributed by atoms with Crippen LogP contribution in [0.2, 0.25) is 0 Å². The zero-order chi connectivity index (χ0) is 22.7. The van der Waals surface area contributed by atoms with E-state index in [9.17, 15) is 24.6 Å². The maximum absolute atomic E-state index is 13.4. The molecule has 2 fully saturated rings. The van der Waals surface area contributed by atoms with Crippen LogP contribution < -0.4 is 5.32 Å². The molecule has 0 spiro atoms. The molecule has 1 aromatic carbocycles. The Kier molecular flexibility index (Phi) is 6.74. The number of aromatic nitrogens is 1. The molecule has 2 atom stereocenters. The standard InChI is InChI=1S/C23H27N3O5S/c27-16-9-4-8-15(12-16)20(28)17-13-32-21(24-17)18-10-5-11-26(18)22(29)19(25-23(30)31)14-6-2-1-3-7-14/h4,8-9,12-14,18-19,25,27H,1-3,5-7,10-11H2,(H,30,31)/t18-,19-/m0/s1. The van der Waals surface area contributed by atoms with Crippen molar-refractivity contribution in [2.75, 3.05) is 6.54 Å². The number of rotatable bonds is 6. The summed E-state index contributed by atoms with van der Waals surface area (Å²) in [6.07, 6.45) is 5.16. The number of aromatic hydroxyl groups is 1. The molecule has 3 N–H and O–H groups in total. The first-order chi connectivity index (χ1) is 15.4. The average molecular weight is 458 g/mol. The number of hydrogen-bond donors (Lipinski definition) is 3. The zero-order valence-electron chi connectivity index (χ0n) is 17.7. The number of carbonyl (C=O) groups excluding carboxylic acids is 2. The lowest BCUT2D eigenvalue weighted by molar-refractivity contribution is -0.136. The van der Waals surface area contributed by atoms with E-state index in [4.69, 9.17) is 0 Å². The van der Waals surface area contributed by atoms with Crippen LogP contribution in [0.5, 0.6) is 5.75 Å². The summed E-state index contributed by atoms with van der Waals surface area (Å²) in [4.78, 5) is 43.9. The van der Waals surface area contributed by atoms with Crippen LogP contribution in [-0.4, -0.2) is 50.5 Å². The maximum atomic E-state index is 13.4. The van der Waals surface area contributed by atoms with E-state index in [-0.39, 0.29) is 35.1 Å². The second-order valence-electron chi connectivity index (χ2n) is 8.47. The number of phenols is 1. The smallest absolute Gasteiger partial charge is 0.405 e. The molecule has 2 aromatic rings. The van der Waals surface area contributed by atoms with E-state index in [0.717, 1.165) is 44.9 Å². The lowest BCUT2D eigenvalue weighted by Gasteiger charge is -2.33. The van der Waals surface area contributed by atoms with Gasteiger partial charge in [0.25, 0.3) is 0 Å². The second kappa shape index (κ2) is 9.68. The van der Waals surface area contributed by atoms with E-state index in [0.29, 0.717) is 17.1 Å². The zero-order valence-corrected chi connectivity index (χ0v) is 18.5. The third-order valence-electron chi connectivity index (χ3n) is 6.35. The van der Waals surface area contributed by atoms with Gasteiger partial charge in [0.05, 0.1) is 6.04 Å². The summed E-state index contributed by atoms with van der Waals surface area (Å²) >= 11 is 1.33. The highest BCUT2D eigenvalue weighted by Gasteiger charge is 2.39. The summed E-state index contributed by atoms with van der Waals surface area (Å²) in [7, 11) is 0. The predicted molar refractivity (Wildman–Crippen MR) is 119 cm³/mol. The van der Waals surface area contributed by atoms with Crippen molar-refractivity contribution in [2.45, 2.75) is 57.0 Å². The van der Waals surface area contributed by atoms with Crippen LogP contribution in [0.4, 0.5) is 4.79 Å². The molecule has 8 nitrogen and oxygen atoms in total. The molecule has 2 heterocycles. The normalized spacial score (nSPS) is 20.1. The number of carbonyl (C=O) groups is 3. The first kappa shape index (κ1) is 22.3. The van der Waals surface area contributed by atoms with Gasteiger partial charge in [-0.15, -0.1) is 11.3 Å². The maximum Gasteiger partial charge on any atom is 0.405 e. The van der Waals surface area contributed by atoms with Crippen LogP contribution in [0, 0.1) is 5.92 Å². The van der Waals surface area contributed by atoms with Gasteiger partial charge in [-0.05, 0) is 43.7 Å². The summed E-state index contributed by atoms with van der Waals surface area (Å²) < 4.78 is 0. The van der Waals surface area contributed by atoms with Gasteiger partial charge in [-0.3, -0.25) is 9.59 Å². The first-order valence-electron chi connectivity index (χ1n) is 11.0. The number of carboxylic acid groups (broad SMARTS) is 1. The van der Waals surface area contributed by atoms with Gasteiger partial charge in [0.1, 0.15) is 22.5 Å². The van der Waals surface area contributed by atoms with Crippen molar-refractivity contribution in [2.24, 2.45) is 5.92 Å². The van der Waals surface area contributed by atoms with Gasteiger partial charge in [0, 0.05) is 17.5 Å². The van der Waals surface area contributed by atoms with Crippen molar-refractivity contribution in [3.63, 3.8) is 0 Å². The van der Waals surface area contributed by atoms with Crippen molar-refractivity contribution >= 4 is 29.1 Å². The predicted octanol–water partition coefficient (Wildman–Crippen LogP) is 3.96. The SMILES string of the molecule is O=C(O)N[C@H](C(=O)N1CCC[C@H]1c1nc(C(=O)c2cccc(O)c2)cs1)C1CCCCC1. The molecular weight excluding hydrogens is 430 g/mol. The highest BCUT2D eigenvalue weighted by Crippen LogP contribution is 2.36. The molecule has 32 heavy (non-hydrogen) atoms. The van der Waals surface area contributed by atoms with Crippen molar-refractivity contribution in [1.82, 2.24) is 15.2 Å². The number of benzene rings is 1. The number of thiazole rings is 1. The summed E-state index contributed by atoms with van der Waals surface area (Å²) in [5.74, 6) is -0.462. The third-order valence-corrected chi connectivity index (χ3v) is 7.30. The van der Waals surface area contributed by atoms with Gasteiger partial charge in [-0.1, -0.05) is 31.4 Å². The van der Waals surface area contributed by atoms with Crippen LogP contribution in [0.15, 0.2) is 29.6 Å². The molecule has 1 aliphatic carbocycles.